The van der Waals surface area contributed by atoms with Crippen molar-refractivity contribution in [2.75, 3.05) is 0 Å². The predicted octanol–water partition coefficient (Wildman–Crippen LogP) is 2.74. The maximum Gasteiger partial charge on any atom is 0.129 e. The summed E-state index contributed by atoms with van der Waals surface area (Å²) in [4.78, 5) is 3.72. The molecule has 2 heteroatoms. The minimum atomic E-state index is 1.09. The van der Waals surface area contributed by atoms with E-state index in [4.69, 9.17) is 5.26 Å². The summed E-state index contributed by atoms with van der Waals surface area (Å²) in [6, 6.07) is 0. The van der Waals surface area contributed by atoms with Crippen LogP contribution in [0.15, 0.2) is 24.5 Å². The van der Waals surface area contributed by atoms with Crippen LogP contribution < -0.4 is 0 Å². The quantitative estimate of drug-likeness (QED) is 0.210. The third-order valence-corrected chi connectivity index (χ3v) is 1.11. The number of rotatable bonds is 5. The van der Waals surface area contributed by atoms with Crippen LogP contribution in [0.3, 0.4) is 0 Å². The molecular weight excluding hydrogens is 128 g/mol. The summed E-state index contributed by atoms with van der Waals surface area (Å²) >= 11 is 0. The fraction of sp³-hybridized carbons (Fsp3) is 0.500. The van der Waals surface area contributed by atoms with Gasteiger partial charge in [0, 0.05) is 0 Å². The lowest BCUT2D eigenvalue weighted by molar-refractivity contribution is -0.186. The second-order valence-corrected chi connectivity index (χ2v) is 2.00. The van der Waals surface area contributed by atoms with Crippen LogP contribution in [0.4, 0.5) is 0 Å². The van der Waals surface area contributed by atoms with Crippen molar-refractivity contribution in [3.05, 3.63) is 24.5 Å². The van der Waals surface area contributed by atoms with Gasteiger partial charge in [-0.1, -0.05) is 31.9 Å². The molecule has 0 fully saturated rings. The molecule has 0 heterocycles. The minimum absolute atomic E-state index is 1.09. The molecule has 0 aliphatic carbocycles. The van der Waals surface area contributed by atoms with Gasteiger partial charge in [0.25, 0.3) is 0 Å². The number of hydrogen-bond acceptors (Lipinski definition) is 2. The van der Waals surface area contributed by atoms with Crippen LogP contribution in [0.2, 0.25) is 0 Å². The van der Waals surface area contributed by atoms with Gasteiger partial charge in [0.05, 0.1) is 0 Å². The molecule has 0 saturated heterocycles. The highest BCUT2D eigenvalue weighted by molar-refractivity contribution is 4.99. The van der Waals surface area contributed by atoms with E-state index in [1.54, 1.807) is 6.08 Å². The molecule has 0 aliphatic heterocycles. The Labute approximate surface area is 61.8 Å². The summed E-state index contributed by atoms with van der Waals surface area (Å²) in [5.74, 6) is 0. The second-order valence-electron chi connectivity index (χ2n) is 2.00. The Morgan fingerprint density at radius 2 is 2.20 bits per heavy atom. The molecule has 1 N–H and O–H groups in total. The Kier molecular flexibility index (Phi) is 7.61. The minimum Gasteiger partial charge on any atom is -0.348 e. The summed E-state index contributed by atoms with van der Waals surface area (Å²) in [7, 11) is 0. The maximum absolute atomic E-state index is 7.85. The molecule has 0 aromatic carbocycles. The highest BCUT2D eigenvalue weighted by atomic mass is 17.1. The van der Waals surface area contributed by atoms with E-state index in [1.165, 1.54) is 19.1 Å². The van der Waals surface area contributed by atoms with Crippen molar-refractivity contribution < 1.29 is 10.1 Å². The third-order valence-electron chi connectivity index (χ3n) is 1.11. The molecule has 0 aliphatic rings. The predicted molar refractivity (Wildman–Crippen MR) is 41.5 cm³/mol. The van der Waals surface area contributed by atoms with Crippen LogP contribution in [0.25, 0.3) is 0 Å². The first-order chi connectivity index (χ1) is 4.91. The Bertz CT molecular complexity index is 106. The summed E-state index contributed by atoms with van der Waals surface area (Å²) < 4.78 is 0. The lowest BCUT2D eigenvalue weighted by Crippen LogP contribution is -1.66. The van der Waals surface area contributed by atoms with Gasteiger partial charge in [-0.15, -0.1) is 0 Å². The average Bonchev–Trinajstić information content (AvgIpc) is 1.97. The molecule has 0 rings (SSSR count). The van der Waals surface area contributed by atoms with E-state index in [-0.39, 0.29) is 0 Å². The Balaban J connectivity index is 3.11. The van der Waals surface area contributed by atoms with Crippen LogP contribution in [-0.2, 0) is 4.89 Å². The van der Waals surface area contributed by atoms with Crippen LogP contribution >= 0.6 is 0 Å². The first-order valence-corrected chi connectivity index (χ1v) is 3.53. The van der Waals surface area contributed by atoms with Crippen LogP contribution in [-0.4, -0.2) is 5.26 Å². The van der Waals surface area contributed by atoms with Crippen molar-refractivity contribution in [2.45, 2.75) is 26.2 Å². The van der Waals surface area contributed by atoms with Gasteiger partial charge < -0.3 is 4.89 Å². The summed E-state index contributed by atoms with van der Waals surface area (Å²) in [5, 5.41) is 7.85. The third kappa shape index (κ3) is 7.24. The topological polar surface area (TPSA) is 29.5 Å². The zero-order chi connectivity index (χ0) is 7.66. The fourth-order valence-corrected chi connectivity index (χ4v) is 0.577. The van der Waals surface area contributed by atoms with Gasteiger partial charge in [-0.05, 0) is 12.5 Å². The van der Waals surface area contributed by atoms with Crippen molar-refractivity contribution in [1.82, 2.24) is 0 Å². The summed E-state index contributed by atoms with van der Waals surface area (Å²) in [6.45, 7) is 2.15. The van der Waals surface area contributed by atoms with Gasteiger partial charge in [0.2, 0.25) is 0 Å². The Morgan fingerprint density at radius 3 is 2.80 bits per heavy atom. The molecule has 0 atom stereocenters. The number of unbranched alkanes of at least 4 members (excludes halogenated alkanes) is 2. The van der Waals surface area contributed by atoms with E-state index in [9.17, 15) is 0 Å². The SMILES string of the molecule is CCCC/C=C/C=C/OO. The van der Waals surface area contributed by atoms with Crippen molar-refractivity contribution in [1.29, 1.82) is 0 Å². The zero-order valence-corrected chi connectivity index (χ0v) is 6.29. The summed E-state index contributed by atoms with van der Waals surface area (Å²) in [6.07, 6.45) is 10.3. The molecule has 0 amide bonds. The Morgan fingerprint density at radius 1 is 1.40 bits per heavy atom. The molecule has 0 aromatic heterocycles. The van der Waals surface area contributed by atoms with Crippen LogP contribution in [0.5, 0.6) is 0 Å². The molecule has 0 bridgehead atoms. The molecule has 2 nitrogen and oxygen atoms in total. The van der Waals surface area contributed by atoms with Gasteiger partial charge in [0.15, 0.2) is 0 Å². The molecular formula is C8H14O2. The second kappa shape index (κ2) is 8.24. The highest BCUT2D eigenvalue weighted by Crippen LogP contribution is 1.94. The highest BCUT2D eigenvalue weighted by Gasteiger charge is 1.74. The average molecular weight is 142 g/mol. The first-order valence-electron chi connectivity index (χ1n) is 3.53. The van der Waals surface area contributed by atoms with Crippen molar-refractivity contribution in [3.8, 4) is 0 Å². The van der Waals surface area contributed by atoms with Gasteiger partial charge in [0.1, 0.15) is 6.26 Å². The van der Waals surface area contributed by atoms with Gasteiger partial charge in [-0.3, -0.25) is 0 Å². The van der Waals surface area contributed by atoms with Gasteiger partial charge >= 0.3 is 0 Å². The zero-order valence-electron chi connectivity index (χ0n) is 6.29. The fourth-order valence-electron chi connectivity index (χ4n) is 0.577. The van der Waals surface area contributed by atoms with Gasteiger partial charge in [-0.2, -0.15) is 0 Å². The molecule has 0 aromatic rings. The van der Waals surface area contributed by atoms with E-state index in [0.717, 1.165) is 6.42 Å². The van der Waals surface area contributed by atoms with E-state index >= 15 is 0 Å². The van der Waals surface area contributed by atoms with E-state index < -0.39 is 0 Å². The van der Waals surface area contributed by atoms with E-state index in [1.807, 2.05) is 12.2 Å². The molecule has 0 saturated carbocycles. The lowest BCUT2D eigenvalue weighted by atomic mass is 10.2. The molecule has 58 valence electrons. The molecule has 0 radical (unpaired) electrons. The molecule has 10 heavy (non-hydrogen) atoms. The monoisotopic (exact) mass is 142 g/mol. The van der Waals surface area contributed by atoms with Crippen molar-refractivity contribution >= 4 is 0 Å². The first kappa shape index (κ1) is 9.24. The van der Waals surface area contributed by atoms with E-state index in [0.29, 0.717) is 0 Å². The van der Waals surface area contributed by atoms with Crippen LogP contribution in [0, 0.1) is 0 Å². The van der Waals surface area contributed by atoms with Crippen molar-refractivity contribution in [3.63, 3.8) is 0 Å². The summed E-state index contributed by atoms with van der Waals surface area (Å²) in [5.41, 5.74) is 0. The normalized spacial score (nSPS) is 11.4. The number of allylic oxidation sites excluding steroid dienone is 3. The van der Waals surface area contributed by atoms with E-state index in [2.05, 4.69) is 11.8 Å². The largest absolute Gasteiger partial charge is 0.348 e. The van der Waals surface area contributed by atoms with Gasteiger partial charge in [-0.25, -0.2) is 5.26 Å². The van der Waals surface area contributed by atoms with Crippen LogP contribution in [0.1, 0.15) is 26.2 Å². The standard InChI is InChI=1S/C8H14O2/c1-2-3-4-5-6-7-8-10-9/h5-9H,2-4H2,1H3/b6-5+,8-7+. The smallest absolute Gasteiger partial charge is 0.129 e. The number of hydrogen-bond donors (Lipinski definition) is 1. The van der Waals surface area contributed by atoms with Crippen molar-refractivity contribution in [2.24, 2.45) is 0 Å². The molecule has 0 unspecified atom stereocenters. The Hall–Kier alpha value is -0.760. The molecule has 0 spiro atoms. The lowest BCUT2D eigenvalue weighted by Gasteiger charge is -1.85. The maximum atomic E-state index is 7.85.